The third-order valence-corrected chi connectivity index (χ3v) is 3.62. The van der Waals surface area contributed by atoms with Crippen LogP contribution in [0.4, 0.5) is 0 Å². The summed E-state index contributed by atoms with van der Waals surface area (Å²) >= 11 is 5.04. The van der Waals surface area contributed by atoms with Crippen molar-refractivity contribution in [1.29, 1.82) is 0 Å². The third kappa shape index (κ3) is 1.19. The molecule has 1 unspecified atom stereocenters. The number of thiocarbonyl (C=S) groups is 1. The lowest BCUT2D eigenvalue weighted by Crippen LogP contribution is -2.46. The molecule has 1 aromatic rings. The Morgan fingerprint density at radius 3 is 2.88 bits per heavy atom. The summed E-state index contributed by atoms with van der Waals surface area (Å²) in [5.74, 6) is -0.00958. The van der Waals surface area contributed by atoms with E-state index in [1.807, 2.05) is 18.2 Å². The van der Waals surface area contributed by atoms with Gasteiger partial charge in [-0.05, 0) is 42.6 Å². The molecule has 16 heavy (non-hydrogen) atoms. The third-order valence-electron chi connectivity index (χ3n) is 3.42. The van der Waals surface area contributed by atoms with Crippen molar-refractivity contribution in [3.8, 4) is 0 Å². The molecular weight excluding hydrogens is 220 g/mol. The summed E-state index contributed by atoms with van der Waals surface area (Å²) in [6.45, 7) is 0. The number of benzene rings is 1. The molecular formula is C12H12N2OS. The summed E-state index contributed by atoms with van der Waals surface area (Å²) in [5.41, 5.74) is 1.73. The summed E-state index contributed by atoms with van der Waals surface area (Å²) in [6.07, 6.45) is 2.87. The summed E-state index contributed by atoms with van der Waals surface area (Å²) in [7, 11) is 0. The highest BCUT2D eigenvalue weighted by Crippen LogP contribution is 2.37. The van der Waals surface area contributed by atoms with Gasteiger partial charge in [-0.2, -0.15) is 0 Å². The van der Waals surface area contributed by atoms with Gasteiger partial charge in [-0.15, -0.1) is 0 Å². The Morgan fingerprint density at radius 1 is 1.31 bits per heavy atom. The Labute approximate surface area is 99.2 Å². The van der Waals surface area contributed by atoms with Crippen molar-refractivity contribution in [3.63, 3.8) is 0 Å². The highest BCUT2D eigenvalue weighted by Gasteiger charge is 2.48. The number of carbonyl (C=O) groups is 1. The van der Waals surface area contributed by atoms with Crippen molar-refractivity contribution in [2.45, 2.75) is 24.8 Å². The Balaban J connectivity index is 2.17. The first-order valence-corrected chi connectivity index (χ1v) is 5.85. The second-order valence-corrected chi connectivity index (χ2v) is 4.73. The van der Waals surface area contributed by atoms with Gasteiger partial charge in [0.05, 0.1) is 0 Å². The molecule has 82 valence electrons. The fourth-order valence-electron chi connectivity index (χ4n) is 2.69. The zero-order chi connectivity index (χ0) is 11.2. The highest BCUT2D eigenvalue weighted by atomic mass is 32.1. The maximum Gasteiger partial charge on any atom is 0.256 e. The Kier molecular flexibility index (Phi) is 2.01. The van der Waals surface area contributed by atoms with E-state index >= 15 is 0 Å². The average molecular weight is 232 g/mol. The Hall–Kier alpha value is -1.42. The molecule has 3 nitrogen and oxygen atoms in total. The van der Waals surface area contributed by atoms with Gasteiger partial charge in [-0.3, -0.25) is 4.79 Å². The van der Waals surface area contributed by atoms with Crippen LogP contribution in [0.25, 0.3) is 0 Å². The van der Waals surface area contributed by atoms with Crippen LogP contribution < -0.4 is 10.6 Å². The zero-order valence-corrected chi connectivity index (χ0v) is 9.56. The average Bonchev–Trinajstić information content (AvgIpc) is 2.55. The van der Waals surface area contributed by atoms with E-state index in [-0.39, 0.29) is 5.91 Å². The molecule has 1 amide bonds. The predicted octanol–water partition coefficient (Wildman–Crippen LogP) is 1.22. The monoisotopic (exact) mass is 232 g/mol. The molecule has 1 aromatic carbocycles. The second kappa shape index (κ2) is 3.28. The van der Waals surface area contributed by atoms with Crippen molar-refractivity contribution in [2.24, 2.45) is 0 Å². The molecule has 0 saturated carbocycles. The topological polar surface area (TPSA) is 41.1 Å². The maximum atomic E-state index is 12.1. The van der Waals surface area contributed by atoms with Gasteiger partial charge in [-0.1, -0.05) is 24.3 Å². The lowest BCUT2D eigenvalue weighted by Gasteiger charge is -2.33. The first-order chi connectivity index (χ1) is 7.72. The molecule has 2 aliphatic rings. The number of rotatable bonds is 0. The fourth-order valence-corrected chi connectivity index (χ4v) is 2.96. The minimum atomic E-state index is -0.605. The van der Waals surface area contributed by atoms with Crippen molar-refractivity contribution in [1.82, 2.24) is 10.6 Å². The minimum absolute atomic E-state index is 0.00958. The van der Waals surface area contributed by atoms with Gasteiger partial charge in [0.2, 0.25) is 0 Å². The molecule has 1 heterocycles. The molecule has 4 heteroatoms. The molecule has 1 spiro atoms. The SMILES string of the molecule is O=C1NC(=S)NC12CCCc1ccccc12. The molecule has 1 fully saturated rings. The van der Waals surface area contributed by atoms with Gasteiger partial charge in [0.25, 0.3) is 5.91 Å². The van der Waals surface area contributed by atoms with Gasteiger partial charge >= 0.3 is 0 Å². The summed E-state index contributed by atoms with van der Waals surface area (Å²) in [6, 6.07) is 8.10. The Bertz CT molecular complexity index is 486. The van der Waals surface area contributed by atoms with Crippen LogP contribution in [0, 0.1) is 0 Å². The minimum Gasteiger partial charge on any atom is -0.344 e. The van der Waals surface area contributed by atoms with Gasteiger partial charge in [0.1, 0.15) is 5.54 Å². The summed E-state index contributed by atoms with van der Waals surface area (Å²) < 4.78 is 0. The van der Waals surface area contributed by atoms with Crippen molar-refractivity contribution >= 4 is 23.2 Å². The van der Waals surface area contributed by atoms with E-state index < -0.39 is 5.54 Å². The van der Waals surface area contributed by atoms with Gasteiger partial charge in [-0.25, -0.2) is 0 Å². The number of nitrogens with one attached hydrogen (secondary N) is 2. The largest absolute Gasteiger partial charge is 0.344 e. The van der Waals surface area contributed by atoms with Crippen LogP contribution in [-0.2, 0) is 16.8 Å². The molecule has 0 bridgehead atoms. The number of aryl methyl sites for hydroxylation is 1. The quantitative estimate of drug-likeness (QED) is 0.661. The van der Waals surface area contributed by atoms with Crippen LogP contribution in [0.5, 0.6) is 0 Å². The lowest BCUT2D eigenvalue weighted by atomic mass is 9.76. The molecule has 1 aliphatic heterocycles. The van der Waals surface area contributed by atoms with Crippen molar-refractivity contribution in [2.75, 3.05) is 0 Å². The van der Waals surface area contributed by atoms with Crippen LogP contribution in [-0.4, -0.2) is 11.0 Å². The van der Waals surface area contributed by atoms with E-state index in [1.54, 1.807) is 0 Å². The number of carbonyl (C=O) groups excluding carboxylic acids is 1. The number of hydrogen-bond donors (Lipinski definition) is 2. The predicted molar refractivity (Wildman–Crippen MR) is 64.9 cm³/mol. The molecule has 3 rings (SSSR count). The molecule has 1 saturated heterocycles. The zero-order valence-electron chi connectivity index (χ0n) is 8.75. The van der Waals surface area contributed by atoms with E-state index in [0.29, 0.717) is 5.11 Å². The van der Waals surface area contributed by atoms with Crippen LogP contribution in [0.2, 0.25) is 0 Å². The first-order valence-electron chi connectivity index (χ1n) is 5.44. The first kappa shape index (κ1) is 9.78. The highest BCUT2D eigenvalue weighted by molar-refractivity contribution is 7.80. The summed E-state index contributed by atoms with van der Waals surface area (Å²) in [4.78, 5) is 12.1. The second-order valence-electron chi connectivity index (χ2n) is 4.32. The van der Waals surface area contributed by atoms with Gasteiger partial charge in [0.15, 0.2) is 5.11 Å². The fraction of sp³-hybridized carbons (Fsp3) is 0.333. The van der Waals surface area contributed by atoms with Crippen molar-refractivity contribution in [3.05, 3.63) is 35.4 Å². The van der Waals surface area contributed by atoms with Crippen LogP contribution in [0.1, 0.15) is 24.0 Å². The summed E-state index contributed by atoms with van der Waals surface area (Å²) in [5, 5.41) is 6.29. The molecule has 1 atom stereocenters. The smallest absolute Gasteiger partial charge is 0.256 e. The normalized spacial score (nSPS) is 27.5. The lowest BCUT2D eigenvalue weighted by molar-refractivity contribution is -0.124. The Morgan fingerprint density at radius 2 is 2.12 bits per heavy atom. The molecule has 2 N–H and O–H groups in total. The van der Waals surface area contributed by atoms with E-state index in [4.69, 9.17) is 12.2 Å². The standard InChI is InChI=1S/C12H12N2OS/c15-10-12(14-11(16)13-10)7-3-5-8-4-1-2-6-9(8)12/h1-2,4,6H,3,5,7H2,(H2,13,14,15,16). The molecule has 0 radical (unpaired) electrons. The molecule has 0 aromatic heterocycles. The number of hydrogen-bond acceptors (Lipinski definition) is 2. The van der Waals surface area contributed by atoms with Crippen LogP contribution in [0.15, 0.2) is 24.3 Å². The molecule has 1 aliphatic carbocycles. The van der Waals surface area contributed by atoms with Gasteiger partial charge in [0, 0.05) is 0 Å². The number of fused-ring (bicyclic) bond motifs is 2. The van der Waals surface area contributed by atoms with Crippen molar-refractivity contribution < 1.29 is 4.79 Å². The van der Waals surface area contributed by atoms with Crippen LogP contribution in [0.3, 0.4) is 0 Å². The van der Waals surface area contributed by atoms with E-state index in [9.17, 15) is 4.79 Å². The number of amides is 1. The van der Waals surface area contributed by atoms with E-state index in [1.165, 1.54) is 5.56 Å². The van der Waals surface area contributed by atoms with Crippen LogP contribution >= 0.6 is 12.2 Å². The van der Waals surface area contributed by atoms with E-state index in [2.05, 4.69) is 16.7 Å². The van der Waals surface area contributed by atoms with E-state index in [0.717, 1.165) is 24.8 Å². The maximum absolute atomic E-state index is 12.1. The van der Waals surface area contributed by atoms with Gasteiger partial charge < -0.3 is 10.6 Å².